The van der Waals surface area contributed by atoms with Gasteiger partial charge in [0, 0.05) is 22.3 Å². The Bertz CT molecular complexity index is 1030. The number of aryl methyl sites for hydroxylation is 2. The van der Waals surface area contributed by atoms with Crippen molar-refractivity contribution in [1.29, 1.82) is 0 Å². The molecule has 0 saturated carbocycles. The van der Waals surface area contributed by atoms with Crippen LogP contribution in [0.1, 0.15) is 53.3 Å². The van der Waals surface area contributed by atoms with E-state index in [1.54, 1.807) is 24.3 Å². The minimum absolute atomic E-state index is 0.000666. The average molecular weight is 358 g/mol. The molecule has 3 aromatic rings. The lowest BCUT2D eigenvalue weighted by Gasteiger charge is -2.17. The van der Waals surface area contributed by atoms with Crippen molar-refractivity contribution in [3.05, 3.63) is 106 Å². The Morgan fingerprint density at radius 2 is 1.11 bits per heavy atom. The fourth-order valence-electron chi connectivity index (χ4n) is 2.87. The molecule has 0 atom stereocenters. The molecule has 3 aromatic carbocycles. The summed E-state index contributed by atoms with van der Waals surface area (Å²) in [5.41, 5.74) is 3.76. The van der Waals surface area contributed by atoms with Crippen LogP contribution in [-0.2, 0) is 0 Å². The van der Waals surface area contributed by atoms with Crippen LogP contribution in [0.3, 0.4) is 0 Å². The number of carbonyl (C=O) groups excluding carboxylic acids is 2. The van der Waals surface area contributed by atoms with Crippen LogP contribution >= 0.6 is 0 Å². The fourth-order valence-corrected chi connectivity index (χ4v) is 2.87. The number of carboxylic acids is 1. The molecular weight excluding hydrogens is 340 g/mol. The van der Waals surface area contributed by atoms with Gasteiger partial charge in [-0.3, -0.25) is 9.59 Å². The van der Waals surface area contributed by atoms with Crippen molar-refractivity contribution >= 4 is 17.5 Å². The van der Waals surface area contributed by atoms with Crippen molar-refractivity contribution in [1.82, 2.24) is 0 Å². The maximum atomic E-state index is 12.3. The summed E-state index contributed by atoms with van der Waals surface area (Å²) in [6.45, 7) is 4.19. The second-order valence-electron chi connectivity index (χ2n) is 6.42. The zero-order valence-electron chi connectivity index (χ0n) is 15.0. The lowest BCUT2D eigenvalue weighted by Crippen LogP contribution is -2.21. The first-order valence-electron chi connectivity index (χ1n) is 8.47. The van der Waals surface area contributed by atoms with E-state index in [0.29, 0.717) is 11.1 Å². The third-order valence-corrected chi connectivity index (χ3v) is 4.39. The summed E-state index contributed by atoms with van der Waals surface area (Å²) >= 11 is 0. The molecule has 0 radical (unpaired) electrons. The Balaban J connectivity index is 0.000000221. The zero-order chi connectivity index (χ0) is 19.6. The van der Waals surface area contributed by atoms with E-state index in [1.807, 2.05) is 0 Å². The number of rotatable bonds is 1. The van der Waals surface area contributed by atoms with Gasteiger partial charge >= 0.3 is 5.97 Å². The lowest BCUT2D eigenvalue weighted by atomic mass is 9.83. The first kappa shape index (κ1) is 18.3. The summed E-state index contributed by atoms with van der Waals surface area (Å²) in [7, 11) is 0. The maximum absolute atomic E-state index is 12.3. The monoisotopic (exact) mass is 358 g/mol. The van der Waals surface area contributed by atoms with Crippen LogP contribution in [0.15, 0.2) is 66.7 Å². The molecule has 1 N–H and O–H groups in total. The number of aromatic carboxylic acids is 1. The van der Waals surface area contributed by atoms with Gasteiger partial charge in [0.2, 0.25) is 0 Å². The van der Waals surface area contributed by atoms with Gasteiger partial charge in [0.15, 0.2) is 11.6 Å². The van der Waals surface area contributed by atoms with E-state index in [-0.39, 0.29) is 28.3 Å². The molecule has 1 aliphatic rings. The molecule has 0 saturated heterocycles. The first-order valence-corrected chi connectivity index (χ1v) is 8.47. The van der Waals surface area contributed by atoms with Crippen molar-refractivity contribution in [2.75, 3.05) is 0 Å². The minimum Gasteiger partial charge on any atom is -0.478 e. The Hall–Kier alpha value is -3.53. The SMILES string of the molecule is Cc1ccc(C)cc1.O=C(O)c1ccc2c(c1)C(=O)c1ccccc1C2=O. The number of ketones is 2. The van der Waals surface area contributed by atoms with Gasteiger partial charge in [-0.15, -0.1) is 0 Å². The topological polar surface area (TPSA) is 71.4 Å². The number of carbonyl (C=O) groups is 3. The molecule has 0 heterocycles. The molecule has 0 amide bonds. The van der Waals surface area contributed by atoms with Gasteiger partial charge in [-0.1, -0.05) is 59.7 Å². The highest BCUT2D eigenvalue weighted by molar-refractivity contribution is 6.28. The van der Waals surface area contributed by atoms with Crippen LogP contribution in [-0.4, -0.2) is 22.6 Å². The zero-order valence-corrected chi connectivity index (χ0v) is 15.0. The summed E-state index contributed by atoms with van der Waals surface area (Å²) in [4.78, 5) is 35.4. The van der Waals surface area contributed by atoms with Crippen LogP contribution in [0, 0.1) is 13.8 Å². The van der Waals surface area contributed by atoms with E-state index in [4.69, 9.17) is 5.11 Å². The normalized spacial score (nSPS) is 11.8. The Labute approximate surface area is 157 Å². The molecule has 0 fully saturated rings. The van der Waals surface area contributed by atoms with Gasteiger partial charge in [-0.25, -0.2) is 4.79 Å². The average Bonchev–Trinajstić information content (AvgIpc) is 2.68. The molecule has 0 unspecified atom stereocenters. The highest BCUT2D eigenvalue weighted by Gasteiger charge is 2.29. The standard InChI is InChI=1S/C15H8O4.C8H10/c16-13-9-3-1-2-4-10(9)14(17)12-7-8(15(18)19)5-6-11(12)13;1-7-3-5-8(2)6-4-7/h1-7H,(H,18,19);3-6H,1-2H3. The molecular formula is C23H18O4. The van der Waals surface area contributed by atoms with Crippen LogP contribution in [0.5, 0.6) is 0 Å². The largest absolute Gasteiger partial charge is 0.478 e. The van der Waals surface area contributed by atoms with E-state index in [0.717, 1.165) is 0 Å². The van der Waals surface area contributed by atoms with Gasteiger partial charge in [0.05, 0.1) is 5.56 Å². The Morgan fingerprint density at radius 1 is 0.667 bits per heavy atom. The molecule has 134 valence electrons. The predicted molar refractivity (Wildman–Crippen MR) is 103 cm³/mol. The number of benzene rings is 3. The van der Waals surface area contributed by atoms with Gasteiger partial charge in [0.1, 0.15) is 0 Å². The third kappa shape index (κ3) is 3.70. The summed E-state index contributed by atoms with van der Waals surface area (Å²) < 4.78 is 0. The highest BCUT2D eigenvalue weighted by atomic mass is 16.4. The smallest absolute Gasteiger partial charge is 0.335 e. The number of fused-ring (bicyclic) bond motifs is 2. The summed E-state index contributed by atoms with van der Waals surface area (Å²) in [5.74, 6) is -1.68. The van der Waals surface area contributed by atoms with Crippen LogP contribution in [0.4, 0.5) is 0 Å². The Kier molecular flexibility index (Phi) is 4.99. The molecule has 0 aliphatic heterocycles. The summed E-state index contributed by atoms with van der Waals surface area (Å²) in [6, 6.07) is 19.0. The molecule has 4 heteroatoms. The number of hydrogen-bond donors (Lipinski definition) is 1. The van der Waals surface area contributed by atoms with Gasteiger partial charge < -0.3 is 5.11 Å². The van der Waals surface area contributed by atoms with Gasteiger partial charge in [-0.05, 0) is 32.0 Å². The molecule has 1 aliphatic carbocycles. The second-order valence-corrected chi connectivity index (χ2v) is 6.42. The van der Waals surface area contributed by atoms with Crippen molar-refractivity contribution in [3.8, 4) is 0 Å². The van der Waals surface area contributed by atoms with Crippen molar-refractivity contribution in [3.63, 3.8) is 0 Å². The van der Waals surface area contributed by atoms with Gasteiger partial charge in [0.25, 0.3) is 0 Å². The Morgan fingerprint density at radius 3 is 1.59 bits per heavy atom. The van der Waals surface area contributed by atoms with Crippen LogP contribution in [0.2, 0.25) is 0 Å². The van der Waals surface area contributed by atoms with Crippen molar-refractivity contribution in [2.45, 2.75) is 13.8 Å². The van der Waals surface area contributed by atoms with Crippen LogP contribution < -0.4 is 0 Å². The van der Waals surface area contributed by atoms with E-state index >= 15 is 0 Å². The second kappa shape index (κ2) is 7.38. The first-order chi connectivity index (χ1) is 12.9. The van der Waals surface area contributed by atoms with E-state index in [2.05, 4.69) is 38.1 Å². The minimum atomic E-state index is -1.12. The molecule has 4 nitrogen and oxygen atoms in total. The molecule has 4 rings (SSSR count). The summed E-state index contributed by atoms with van der Waals surface area (Å²) in [6.07, 6.45) is 0. The molecule has 0 bridgehead atoms. The van der Waals surface area contributed by atoms with E-state index in [1.165, 1.54) is 29.3 Å². The van der Waals surface area contributed by atoms with Crippen molar-refractivity contribution < 1.29 is 19.5 Å². The predicted octanol–water partition coefficient (Wildman–Crippen LogP) is 4.46. The number of carboxylic acid groups (broad SMARTS) is 1. The maximum Gasteiger partial charge on any atom is 0.335 e. The molecule has 0 aromatic heterocycles. The van der Waals surface area contributed by atoms with E-state index in [9.17, 15) is 14.4 Å². The van der Waals surface area contributed by atoms with Crippen molar-refractivity contribution in [2.24, 2.45) is 0 Å². The summed E-state index contributed by atoms with van der Waals surface area (Å²) in [5, 5.41) is 8.94. The number of hydrogen-bond acceptors (Lipinski definition) is 3. The third-order valence-electron chi connectivity index (χ3n) is 4.39. The highest BCUT2D eigenvalue weighted by Crippen LogP contribution is 2.27. The van der Waals surface area contributed by atoms with Gasteiger partial charge in [-0.2, -0.15) is 0 Å². The quantitative estimate of drug-likeness (QED) is 0.545. The molecule has 0 spiro atoms. The lowest BCUT2D eigenvalue weighted by molar-refractivity contribution is 0.0696. The fraction of sp³-hybridized carbons (Fsp3) is 0.0870. The molecule has 27 heavy (non-hydrogen) atoms. The van der Waals surface area contributed by atoms with Crippen LogP contribution in [0.25, 0.3) is 0 Å². The van der Waals surface area contributed by atoms with E-state index < -0.39 is 5.97 Å².